The first-order valence-electron chi connectivity index (χ1n) is 27.7. The first-order valence-corrected chi connectivity index (χ1v) is 27.7. The lowest BCUT2D eigenvalue weighted by Gasteiger charge is -2.43. The number of ether oxygens (including phenoxy) is 1. The van der Waals surface area contributed by atoms with Crippen molar-refractivity contribution in [3.63, 3.8) is 0 Å². The molecule has 5 aromatic rings. The van der Waals surface area contributed by atoms with Crippen LogP contribution in [0.5, 0.6) is 11.5 Å². The molecule has 2 fully saturated rings. The number of amides is 8. The fourth-order valence-electron chi connectivity index (χ4n) is 9.96. The lowest BCUT2D eigenvalue weighted by atomic mass is 9.85. The van der Waals surface area contributed by atoms with Gasteiger partial charge in [0, 0.05) is 68.2 Å². The molecule has 430 valence electrons. The van der Waals surface area contributed by atoms with Gasteiger partial charge in [0.25, 0.3) is 0 Å². The number of carbonyl (C=O) groups is 8. The van der Waals surface area contributed by atoms with Crippen LogP contribution in [0.2, 0.25) is 0 Å². The van der Waals surface area contributed by atoms with Crippen LogP contribution < -0.4 is 64.1 Å². The second-order valence-electron chi connectivity index (χ2n) is 20.6. The van der Waals surface area contributed by atoms with Crippen LogP contribution in [0.4, 0.5) is 5.69 Å². The molecule has 14 N–H and O–H groups in total. The van der Waals surface area contributed by atoms with Crippen LogP contribution in [0.1, 0.15) is 88.7 Å². The molecule has 0 saturated carbocycles. The molecule has 8 amide bonds. The molecule has 22 heteroatoms. The summed E-state index contributed by atoms with van der Waals surface area (Å²) in [4.78, 5) is 124. The minimum absolute atomic E-state index is 0.0250. The summed E-state index contributed by atoms with van der Waals surface area (Å²) in [5, 5.41) is 20.7. The SMILES string of the molecule is CCCCC(=O)N[C@H]1CC(=O)NCCCC[C@@H](C(N)=O)NC(=O)[C@H](Cc2c[nH]c3ccccc23)NC(=O)[C@H](CCCN=C(N)N)NC(=O)[C@@H](Cc2ccccc2)NC(=O)C2(CCN(c3ccc(Oc4ccccc4)cc3)CC2)NC1=O. The third-order valence-electron chi connectivity index (χ3n) is 14.5. The molecule has 4 aromatic carbocycles. The van der Waals surface area contributed by atoms with E-state index in [-0.39, 0.29) is 83.5 Å². The Kier molecular flexibility index (Phi) is 21.6. The van der Waals surface area contributed by atoms with Crippen LogP contribution in [0.25, 0.3) is 10.9 Å². The summed E-state index contributed by atoms with van der Waals surface area (Å²) in [6.45, 7) is 2.59. The van der Waals surface area contributed by atoms with Crippen molar-refractivity contribution in [3.05, 3.63) is 127 Å². The predicted octanol–water partition coefficient (Wildman–Crippen LogP) is 2.74. The maximum absolute atomic E-state index is 15.4. The second kappa shape index (κ2) is 29.3. The molecule has 22 nitrogen and oxygen atoms in total. The number of H-pyrrole nitrogens is 1. The molecule has 0 radical (unpaired) electrons. The lowest BCUT2D eigenvalue weighted by molar-refractivity contribution is -0.139. The van der Waals surface area contributed by atoms with E-state index >= 15 is 9.59 Å². The van der Waals surface area contributed by atoms with Crippen LogP contribution in [0, 0.1) is 0 Å². The van der Waals surface area contributed by atoms with Crippen molar-refractivity contribution in [2.24, 2.45) is 22.2 Å². The smallest absolute Gasteiger partial charge is 0.246 e. The molecule has 81 heavy (non-hydrogen) atoms. The van der Waals surface area contributed by atoms with Gasteiger partial charge in [-0.05, 0) is 105 Å². The minimum Gasteiger partial charge on any atom is -0.457 e. The summed E-state index contributed by atoms with van der Waals surface area (Å²) in [6.07, 6.45) is 3.36. The number of guanidine groups is 1. The average Bonchev–Trinajstić information content (AvgIpc) is 3.87. The fourth-order valence-corrected chi connectivity index (χ4v) is 9.96. The van der Waals surface area contributed by atoms with Crippen molar-refractivity contribution in [3.8, 4) is 11.5 Å². The Morgan fingerprint density at radius 2 is 1.36 bits per heavy atom. The Morgan fingerprint density at radius 3 is 2.06 bits per heavy atom. The van der Waals surface area contributed by atoms with Gasteiger partial charge in [0.2, 0.25) is 47.3 Å². The zero-order valence-corrected chi connectivity index (χ0v) is 45.7. The van der Waals surface area contributed by atoms with E-state index in [1.165, 1.54) is 0 Å². The third-order valence-corrected chi connectivity index (χ3v) is 14.5. The molecule has 0 unspecified atom stereocenters. The number of para-hydroxylation sites is 2. The maximum Gasteiger partial charge on any atom is 0.246 e. The lowest BCUT2D eigenvalue weighted by Crippen LogP contribution is -2.68. The van der Waals surface area contributed by atoms with E-state index in [1.807, 2.05) is 85.8 Å². The predicted molar refractivity (Wildman–Crippen MR) is 307 cm³/mol. The van der Waals surface area contributed by atoms with Gasteiger partial charge < -0.3 is 69.0 Å². The summed E-state index contributed by atoms with van der Waals surface area (Å²) in [7, 11) is 0. The highest BCUT2D eigenvalue weighted by Crippen LogP contribution is 2.30. The standard InChI is InChI=1S/C59H75N13O9/c1-2-3-23-50(73)66-49-36-51(74)63-30-13-12-21-45(52(60)75)67-55(78)48(35-39-37-65-44-20-11-10-19-43(39)44)69-53(76)46(22-14-31-64-58(61)62)68-54(77)47(34-38-15-6-4-7-16-38)70-57(80)59(71-56(49)79)28-32-72(33-29-59)40-24-26-42(27-25-40)81-41-17-8-5-9-18-41/h4-11,15-20,24-27,37,45-49,65H,2-3,12-14,21-23,28-36H2,1H3,(H2,60,75)(H,63,74)(H,66,73)(H,67,78)(H,68,77)(H,69,76)(H,70,80)(H,71,79)(H4,61,62,64)/t45-,46-,47+,48-,49-/m0/s1. The van der Waals surface area contributed by atoms with E-state index in [2.05, 4.69) is 52.1 Å². The molecule has 2 saturated heterocycles. The third kappa shape index (κ3) is 17.5. The summed E-state index contributed by atoms with van der Waals surface area (Å²) < 4.78 is 6.02. The van der Waals surface area contributed by atoms with Gasteiger partial charge in [-0.25, -0.2) is 0 Å². The summed E-state index contributed by atoms with van der Waals surface area (Å²) in [5.74, 6) is -4.52. The number of primary amides is 1. The minimum atomic E-state index is -1.70. The Bertz CT molecular complexity index is 2980. The van der Waals surface area contributed by atoms with Gasteiger partial charge >= 0.3 is 0 Å². The van der Waals surface area contributed by atoms with Crippen molar-refractivity contribution < 1.29 is 43.1 Å². The average molecular weight is 1110 g/mol. The number of nitrogens with two attached hydrogens (primary N) is 3. The second-order valence-corrected chi connectivity index (χ2v) is 20.6. The van der Waals surface area contributed by atoms with Crippen molar-refractivity contribution in [1.29, 1.82) is 0 Å². The molecule has 2 aliphatic heterocycles. The summed E-state index contributed by atoms with van der Waals surface area (Å²) in [5.41, 5.74) is 18.4. The van der Waals surface area contributed by atoms with Crippen LogP contribution in [0.3, 0.4) is 0 Å². The van der Waals surface area contributed by atoms with E-state index in [0.29, 0.717) is 48.3 Å². The Labute approximate surface area is 470 Å². The Morgan fingerprint density at radius 1 is 0.716 bits per heavy atom. The van der Waals surface area contributed by atoms with Crippen LogP contribution in [0.15, 0.2) is 120 Å². The molecule has 2 aliphatic rings. The molecule has 1 spiro atoms. The quantitative estimate of drug-likeness (QED) is 0.0386. The number of nitrogens with one attached hydrogen (secondary N) is 8. The number of hydrogen-bond acceptors (Lipinski definition) is 11. The van der Waals surface area contributed by atoms with Gasteiger partial charge in [-0.1, -0.05) is 80.1 Å². The number of fused-ring (bicyclic) bond motifs is 1. The number of unbranched alkanes of at least 4 members (excludes halogenated alkanes) is 1. The van der Waals surface area contributed by atoms with Crippen LogP contribution in [-0.4, -0.2) is 120 Å². The zero-order chi connectivity index (χ0) is 57.7. The molecule has 0 bridgehead atoms. The van der Waals surface area contributed by atoms with Crippen LogP contribution in [-0.2, 0) is 51.2 Å². The van der Waals surface area contributed by atoms with Crippen molar-refractivity contribution in [1.82, 2.24) is 42.2 Å². The number of nitrogens with zero attached hydrogens (tertiary/aromatic N) is 2. The van der Waals surface area contributed by atoms with Crippen molar-refractivity contribution in [2.75, 3.05) is 31.1 Å². The molecular formula is C59H75N13O9. The molecular weight excluding hydrogens is 1030 g/mol. The zero-order valence-electron chi connectivity index (χ0n) is 45.7. The highest BCUT2D eigenvalue weighted by atomic mass is 16.5. The van der Waals surface area contributed by atoms with Gasteiger partial charge in [0.05, 0.1) is 6.42 Å². The van der Waals surface area contributed by atoms with E-state index < -0.39 is 89.4 Å². The molecule has 5 atom stereocenters. The van der Waals surface area contributed by atoms with Gasteiger partial charge in [-0.15, -0.1) is 0 Å². The van der Waals surface area contributed by atoms with Gasteiger partial charge in [-0.3, -0.25) is 43.3 Å². The highest BCUT2D eigenvalue weighted by Gasteiger charge is 2.46. The van der Waals surface area contributed by atoms with E-state index in [4.69, 9.17) is 21.9 Å². The number of aromatic nitrogens is 1. The normalized spacial score (nSPS) is 20.8. The molecule has 0 aliphatic carbocycles. The van der Waals surface area contributed by atoms with Crippen molar-refractivity contribution in [2.45, 2.75) is 126 Å². The van der Waals surface area contributed by atoms with Gasteiger partial charge in [0.1, 0.15) is 47.2 Å². The Balaban J connectivity index is 1.24. The number of carbonyl (C=O) groups excluding carboxylic acids is 8. The highest BCUT2D eigenvalue weighted by molar-refractivity contribution is 6.00. The topological polar surface area (TPSA) is 339 Å². The Hall–Kier alpha value is -8.95. The molecule has 7 rings (SSSR count). The number of rotatable bonds is 16. The fraction of sp³-hybridized carbons (Fsp3) is 0.407. The number of aromatic amines is 1. The largest absolute Gasteiger partial charge is 0.457 e. The van der Waals surface area contributed by atoms with Crippen LogP contribution >= 0.6 is 0 Å². The van der Waals surface area contributed by atoms with E-state index in [0.717, 1.165) is 16.6 Å². The van der Waals surface area contributed by atoms with E-state index in [9.17, 15) is 28.8 Å². The number of hydrogen-bond donors (Lipinski definition) is 11. The molecule has 3 heterocycles. The van der Waals surface area contributed by atoms with Gasteiger partial charge in [-0.2, -0.15) is 0 Å². The van der Waals surface area contributed by atoms with E-state index in [1.54, 1.807) is 36.5 Å². The van der Waals surface area contributed by atoms with Gasteiger partial charge in [0.15, 0.2) is 5.96 Å². The monoisotopic (exact) mass is 1110 g/mol. The number of benzene rings is 4. The maximum atomic E-state index is 15.4. The number of aliphatic imine (C=N–C) groups is 1. The summed E-state index contributed by atoms with van der Waals surface area (Å²) in [6, 6.07) is 26.5. The summed E-state index contributed by atoms with van der Waals surface area (Å²) >= 11 is 0. The first kappa shape index (κ1) is 59.7. The first-order chi connectivity index (χ1) is 39.1. The number of piperidine rings is 1. The van der Waals surface area contributed by atoms with Crippen molar-refractivity contribution >= 4 is 69.8 Å². The molecule has 1 aromatic heterocycles. The number of anilines is 1.